The van der Waals surface area contributed by atoms with Crippen LogP contribution < -0.4 is 11.1 Å². The van der Waals surface area contributed by atoms with E-state index in [1.165, 1.54) is 11.3 Å². The highest BCUT2D eigenvalue weighted by molar-refractivity contribution is 7.15. The van der Waals surface area contributed by atoms with Crippen molar-refractivity contribution in [3.63, 3.8) is 0 Å². The first-order chi connectivity index (χ1) is 12.1. The number of nitrogens with two attached hydrogens (primary N) is 1. The molecule has 1 fully saturated rings. The molecule has 0 aliphatic carbocycles. The Balaban J connectivity index is 0.00000182. The first-order valence-corrected chi connectivity index (χ1v) is 9.20. The van der Waals surface area contributed by atoms with Gasteiger partial charge in [0.25, 0.3) is 5.91 Å². The fourth-order valence-corrected chi connectivity index (χ4v) is 3.84. The zero-order chi connectivity index (χ0) is 17.8. The highest BCUT2D eigenvalue weighted by Gasteiger charge is 2.30. The number of nitrogens with zero attached hydrogens (tertiary/aromatic N) is 2. The number of amides is 2. The fraction of sp³-hybridized carbons (Fsp3) is 0.471. The third kappa shape index (κ3) is 5.44. The Morgan fingerprint density at radius 1 is 1.44 bits per heavy atom. The molecule has 1 unspecified atom stereocenters. The number of piperidine rings is 1. The summed E-state index contributed by atoms with van der Waals surface area (Å²) < 4.78 is 5.36. The molecule has 1 atom stereocenters. The first kappa shape index (κ1) is 23.4. The number of likely N-dealkylation sites (tertiary alicyclic amines) is 1. The third-order valence-electron chi connectivity index (χ3n) is 4.25. The highest BCUT2D eigenvalue weighted by Crippen LogP contribution is 2.29. The monoisotopic (exact) mass is 434 g/mol. The Bertz CT molecular complexity index is 751. The van der Waals surface area contributed by atoms with Crippen molar-refractivity contribution in [1.29, 1.82) is 0 Å². The SMILES string of the molecule is Cc1sc(-c2ccco2)nc1C(=O)N1CCCC(C(=O)NCCN)C1.Cl.Cl. The summed E-state index contributed by atoms with van der Waals surface area (Å²) in [6.45, 7) is 3.82. The molecule has 1 aliphatic heterocycles. The van der Waals surface area contributed by atoms with Crippen LogP contribution in [-0.4, -0.2) is 47.9 Å². The summed E-state index contributed by atoms with van der Waals surface area (Å²) in [5, 5.41) is 3.50. The van der Waals surface area contributed by atoms with E-state index in [0.717, 1.165) is 17.7 Å². The fourth-order valence-electron chi connectivity index (χ4n) is 2.97. The Morgan fingerprint density at radius 2 is 2.22 bits per heavy atom. The van der Waals surface area contributed by atoms with Crippen molar-refractivity contribution in [2.45, 2.75) is 19.8 Å². The lowest BCUT2D eigenvalue weighted by Gasteiger charge is -2.31. The molecule has 0 aromatic carbocycles. The van der Waals surface area contributed by atoms with E-state index >= 15 is 0 Å². The van der Waals surface area contributed by atoms with Gasteiger partial charge in [-0.15, -0.1) is 36.2 Å². The Hall–Kier alpha value is -1.61. The van der Waals surface area contributed by atoms with Crippen molar-refractivity contribution < 1.29 is 14.0 Å². The predicted molar refractivity (Wildman–Crippen MR) is 110 cm³/mol. The number of thiazole rings is 1. The van der Waals surface area contributed by atoms with Gasteiger partial charge in [0.2, 0.25) is 5.91 Å². The molecule has 3 rings (SSSR count). The zero-order valence-corrected chi connectivity index (χ0v) is 17.4. The van der Waals surface area contributed by atoms with Crippen molar-refractivity contribution in [1.82, 2.24) is 15.2 Å². The normalized spacial score (nSPS) is 16.2. The number of aryl methyl sites for hydroxylation is 1. The quantitative estimate of drug-likeness (QED) is 0.752. The first-order valence-electron chi connectivity index (χ1n) is 8.38. The summed E-state index contributed by atoms with van der Waals surface area (Å²) in [7, 11) is 0. The predicted octanol–water partition coefficient (Wildman–Crippen LogP) is 2.48. The third-order valence-corrected chi connectivity index (χ3v) is 5.24. The Kier molecular flexibility index (Phi) is 9.25. The molecule has 10 heteroatoms. The number of halogens is 2. The van der Waals surface area contributed by atoms with Crippen LogP contribution in [0.1, 0.15) is 28.2 Å². The smallest absolute Gasteiger partial charge is 0.273 e. The van der Waals surface area contributed by atoms with Gasteiger partial charge in [0.15, 0.2) is 10.8 Å². The molecule has 3 heterocycles. The molecule has 2 aromatic heterocycles. The van der Waals surface area contributed by atoms with Crippen LogP contribution in [0.25, 0.3) is 10.8 Å². The molecule has 3 N–H and O–H groups in total. The van der Waals surface area contributed by atoms with Crippen LogP contribution in [0.5, 0.6) is 0 Å². The molecule has 1 saturated heterocycles. The van der Waals surface area contributed by atoms with Crippen molar-refractivity contribution in [2.75, 3.05) is 26.2 Å². The topological polar surface area (TPSA) is 101 Å². The maximum atomic E-state index is 12.9. The number of aromatic nitrogens is 1. The van der Waals surface area contributed by atoms with Crippen molar-refractivity contribution in [3.8, 4) is 10.8 Å². The molecular weight excluding hydrogens is 411 g/mol. The van der Waals surface area contributed by atoms with Gasteiger partial charge in [-0.1, -0.05) is 0 Å². The van der Waals surface area contributed by atoms with Crippen LogP contribution >= 0.6 is 36.2 Å². The standard InChI is InChI=1S/C17H22N4O3S.2ClH/c1-11-14(20-16(25-11)13-5-3-9-24-13)17(23)21-8-2-4-12(10-21)15(22)19-7-6-18;;/h3,5,9,12H,2,4,6-8,10,18H2,1H3,(H,19,22);2*1H. The zero-order valence-electron chi connectivity index (χ0n) is 15.0. The summed E-state index contributed by atoms with van der Waals surface area (Å²) >= 11 is 1.44. The largest absolute Gasteiger partial charge is 0.462 e. The lowest BCUT2D eigenvalue weighted by atomic mass is 9.97. The van der Waals surface area contributed by atoms with Crippen LogP contribution in [0.15, 0.2) is 22.8 Å². The summed E-state index contributed by atoms with van der Waals surface area (Å²) in [5.41, 5.74) is 5.87. The van der Waals surface area contributed by atoms with Crippen molar-refractivity contribution >= 4 is 48.0 Å². The summed E-state index contributed by atoms with van der Waals surface area (Å²) in [6, 6.07) is 3.62. The number of rotatable bonds is 5. The minimum absolute atomic E-state index is 0. The van der Waals surface area contributed by atoms with Crippen LogP contribution in [0.4, 0.5) is 0 Å². The summed E-state index contributed by atoms with van der Waals surface area (Å²) in [5.74, 6) is 0.315. The second kappa shape index (κ2) is 10.7. The van der Waals surface area contributed by atoms with Gasteiger partial charge in [-0.2, -0.15) is 0 Å². The molecule has 1 aliphatic rings. The van der Waals surface area contributed by atoms with Gasteiger partial charge in [-0.25, -0.2) is 4.98 Å². The Morgan fingerprint density at radius 3 is 2.89 bits per heavy atom. The van der Waals surface area contributed by atoms with Gasteiger partial charge in [0.1, 0.15) is 5.69 Å². The average molecular weight is 435 g/mol. The number of hydrogen-bond donors (Lipinski definition) is 2. The van der Waals surface area contributed by atoms with Crippen LogP contribution in [0.3, 0.4) is 0 Å². The van der Waals surface area contributed by atoms with Crippen molar-refractivity contribution in [3.05, 3.63) is 29.0 Å². The number of carbonyl (C=O) groups excluding carboxylic acids is 2. The van der Waals surface area contributed by atoms with E-state index in [0.29, 0.717) is 42.6 Å². The minimum Gasteiger partial charge on any atom is -0.462 e. The molecule has 0 radical (unpaired) electrons. The second-order valence-corrected chi connectivity index (χ2v) is 7.27. The van der Waals surface area contributed by atoms with Gasteiger partial charge in [0, 0.05) is 31.1 Å². The van der Waals surface area contributed by atoms with Crippen LogP contribution in [0, 0.1) is 12.8 Å². The van der Waals surface area contributed by atoms with Gasteiger partial charge < -0.3 is 20.4 Å². The Labute approximate surface area is 174 Å². The van der Waals surface area contributed by atoms with E-state index in [9.17, 15) is 9.59 Å². The molecule has 0 bridgehead atoms. The maximum Gasteiger partial charge on any atom is 0.273 e. The minimum atomic E-state index is -0.187. The lowest BCUT2D eigenvalue weighted by molar-refractivity contribution is -0.126. The number of nitrogens with one attached hydrogen (secondary N) is 1. The van der Waals surface area contributed by atoms with E-state index in [2.05, 4.69) is 10.3 Å². The molecule has 0 spiro atoms. The van der Waals surface area contributed by atoms with Crippen molar-refractivity contribution in [2.24, 2.45) is 11.7 Å². The lowest BCUT2D eigenvalue weighted by Crippen LogP contribution is -2.46. The molecule has 2 aromatic rings. The van der Waals surface area contributed by atoms with Gasteiger partial charge in [-0.05, 0) is 31.9 Å². The van der Waals surface area contributed by atoms with E-state index in [1.807, 2.05) is 13.0 Å². The maximum absolute atomic E-state index is 12.9. The number of furan rings is 1. The molecule has 7 nitrogen and oxygen atoms in total. The molecule has 27 heavy (non-hydrogen) atoms. The van der Waals surface area contributed by atoms with Gasteiger partial charge in [-0.3, -0.25) is 9.59 Å². The van der Waals surface area contributed by atoms with Crippen LogP contribution in [-0.2, 0) is 4.79 Å². The summed E-state index contributed by atoms with van der Waals surface area (Å²) in [4.78, 5) is 32.1. The molecule has 0 saturated carbocycles. The number of hydrogen-bond acceptors (Lipinski definition) is 6. The molecule has 150 valence electrons. The van der Waals surface area contributed by atoms with Gasteiger partial charge in [0.05, 0.1) is 12.2 Å². The average Bonchev–Trinajstić information content (AvgIpc) is 3.28. The molecular formula is C17H24Cl2N4O3S. The second-order valence-electron chi connectivity index (χ2n) is 6.07. The van der Waals surface area contributed by atoms with E-state index in [4.69, 9.17) is 10.2 Å². The summed E-state index contributed by atoms with van der Waals surface area (Å²) in [6.07, 6.45) is 3.18. The van der Waals surface area contributed by atoms with E-state index in [-0.39, 0.29) is 42.5 Å². The molecule has 2 amide bonds. The van der Waals surface area contributed by atoms with Crippen LogP contribution in [0.2, 0.25) is 0 Å². The highest BCUT2D eigenvalue weighted by atomic mass is 35.5. The van der Waals surface area contributed by atoms with E-state index in [1.54, 1.807) is 17.2 Å². The van der Waals surface area contributed by atoms with E-state index < -0.39 is 0 Å². The van der Waals surface area contributed by atoms with Gasteiger partial charge >= 0.3 is 0 Å². The number of carbonyl (C=O) groups is 2.